The molecule has 7 aromatic carbocycles. The molecule has 4 nitrogen and oxygen atoms in total. The van der Waals surface area contributed by atoms with Crippen molar-refractivity contribution in [2.45, 2.75) is 31.3 Å². The van der Waals surface area contributed by atoms with E-state index in [0.29, 0.717) is 17.7 Å². The highest BCUT2D eigenvalue weighted by Gasteiger charge is 2.46. The largest absolute Gasteiger partial charge is 0.383 e. The predicted octanol–water partition coefficient (Wildman–Crippen LogP) is 13.5. The lowest BCUT2D eigenvalue weighted by Gasteiger charge is -2.33. The summed E-state index contributed by atoms with van der Waals surface area (Å²) in [5, 5.41) is 5.01. The van der Waals surface area contributed by atoms with Crippen molar-refractivity contribution in [1.29, 1.82) is 0 Å². The average Bonchev–Trinajstić information content (AvgIpc) is 3.87. The summed E-state index contributed by atoms with van der Waals surface area (Å²) >= 11 is 0. The SMILES string of the molecule is NC(=N/C(=C\Cc1ccc2ccccc2c1)c1ccc2c(c1)C=CCC2)c1cccc(N2C3C=C(c4ccc5c(c4)c4ccccc4n5-c4ccccc4)C=C[C@@H]3C3C=CC=C[C@@H]32)c1. The molecule has 1 saturated heterocycles. The molecule has 0 saturated carbocycles. The second kappa shape index (κ2) is 15.9. The first kappa shape index (κ1) is 38.0. The first-order valence-electron chi connectivity index (χ1n) is 22.7. The fourth-order valence-corrected chi connectivity index (χ4v) is 10.7. The molecule has 0 spiro atoms. The quantitative estimate of drug-likeness (QED) is 0.123. The van der Waals surface area contributed by atoms with Gasteiger partial charge in [-0.25, -0.2) is 4.99 Å². The van der Waals surface area contributed by atoms with Gasteiger partial charge in [-0.3, -0.25) is 0 Å². The predicted molar refractivity (Wildman–Crippen MR) is 270 cm³/mol. The van der Waals surface area contributed by atoms with Crippen LogP contribution in [0.1, 0.15) is 39.8 Å². The van der Waals surface area contributed by atoms with Crippen molar-refractivity contribution >= 4 is 61.4 Å². The van der Waals surface area contributed by atoms with Crippen molar-refractivity contribution in [3.8, 4) is 5.69 Å². The molecule has 0 bridgehead atoms. The van der Waals surface area contributed by atoms with Gasteiger partial charge in [-0.2, -0.15) is 0 Å². The Bertz CT molecular complexity index is 3350. The van der Waals surface area contributed by atoms with Crippen molar-refractivity contribution in [3.05, 3.63) is 246 Å². The maximum atomic E-state index is 7.09. The Morgan fingerprint density at radius 3 is 2.38 bits per heavy atom. The van der Waals surface area contributed by atoms with Crippen LogP contribution in [0.15, 0.2) is 217 Å². The van der Waals surface area contributed by atoms with Gasteiger partial charge in [0.25, 0.3) is 0 Å². The Morgan fingerprint density at radius 1 is 0.625 bits per heavy atom. The molecule has 4 heteroatoms. The molecule has 1 fully saturated rings. The molecule has 1 aromatic heterocycles. The fraction of sp³-hybridized carbons (Fsp3) is 0.117. The molecule has 0 radical (unpaired) electrons. The van der Waals surface area contributed by atoms with Gasteiger partial charge in [0.1, 0.15) is 5.84 Å². The number of nitrogens with two attached hydrogens (primary N) is 1. The van der Waals surface area contributed by atoms with Gasteiger partial charge in [0.05, 0.1) is 28.8 Å². The van der Waals surface area contributed by atoms with E-state index in [4.69, 9.17) is 10.7 Å². The molecule has 2 N–H and O–H groups in total. The van der Waals surface area contributed by atoms with Gasteiger partial charge in [-0.15, -0.1) is 0 Å². The third-order valence-electron chi connectivity index (χ3n) is 13.8. The first-order chi connectivity index (χ1) is 31.6. The van der Waals surface area contributed by atoms with Crippen LogP contribution in [0.5, 0.6) is 0 Å². The molecule has 308 valence electrons. The first-order valence-corrected chi connectivity index (χ1v) is 22.7. The van der Waals surface area contributed by atoms with E-state index < -0.39 is 0 Å². The van der Waals surface area contributed by atoms with Crippen LogP contribution in [-0.4, -0.2) is 22.5 Å². The van der Waals surface area contributed by atoms with Gasteiger partial charge in [-0.1, -0.05) is 170 Å². The van der Waals surface area contributed by atoms with Gasteiger partial charge in [0.2, 0.25) is 0 Å². The lowest BCUT2D eigenvalue weighted by atomic mass is 9.81. The zero-order chi connectivity index (χ0) is 42.6. The summed E-state index contributed by atoms with van der Waals surface area (Å²) in [6.45, 7) is 0. The number of benzene rings is 7. The van der Waals surface area contributed by atoms with Gasteiger partial charge in [-0.05, 0) is 106 Å². The Hall–Kier alpha value is -7.69. The molecular weight excluding hydrogens is 777 g/mol. The van der Waals surface area contributed by atoms with E-state index in [1.807, 2.05) is 0 Å². The standard InChI is InChI=1S/C60H48N4/c61-60(62-55(47-29-28-42-14-5-7-16-44(42)36-47)33-26-40-25-27-41-13-4-6-15-43(41)35-40)48-17-12-20-50(37-48)64-56-23-10-8-21-51(56)53-32-30-46(39-59(53)64)45-31-34-58-54(38-45)52-22-9-11-24-57(52)63(58)49-18-2-1-3-19-49/h1-4,6-13,15-25,27-39,51,53,56,59H,5,14,26H2,(H2,61,62)/b55-33-/t51?,53-,56+,59?/m1/s1. The second-order valence-corrected chi connectivity index (χ2v) is 17.6. The summed E-state index contributed by atoms with van der Waals surface area (Å²) in [7, 11) is 0. The summed E-state index contributed by atoms with van der Waals surface area (Å²) in [4.78, 5) is 7.87. The van der Waals surface area contributed by atoms with E-state index in [1.165, 1.54) is 66.1 Å². The van der Waals surface area contributed by atoms with Crippen molar-refractivity contribution < 1.29 is 0 Å². The minimum absolute atomic E-state index is 0.151. The van der Waals surface area contributed by atoms with Crippen LogP contribution in [0.3, 0.4) is 0 Å². The van der Waals surface area contributed by atoms with Crippen LogP contribution < -0.4 is 10.6 Å². The summed E-state index contributed by atoms with van der Waals surface area (Å²) in [5.74, 6) is 1.19. The Balaban J connectivity index is 0.905. The molecular formula is C60H48N4. The smallest absolute Gasteiger partial charge is 0.131 e. The van der Waals surface area contributed by atoms with E-state index in [1.54, 1.807) is 0 Å². The number of fused-ring (bicyclic) bond motifs is 8. The molecule has 1 aliphatic heterocycles. The number of aryl methyl sites for hydroxylation is 1. The van der Waals surface area contributed by atoms with Crippen LogP contribution in [-0.2, 0) is 12.8 Å². The minimum Gasteiger partial charge on any atom is -0.383 e. The van der Waals surface area contributed by atoms with Crippen LogP contribution in [0, 0.1) is 11.8 Å². The third kappa shape index (κ3) is 6.74. The zero-order valence-corrected chi connectivity index (χ0v) is 35.6. The van der Waals surface area contributed by atoms with E-state index in [9.17, 15) is 0 Å². The van der Waals surface area contributed by atoms with E-state index in [-0.39, 0.29) is 12.1 Å². The normalized spacial score (nSPS) is 20.2. The molecule has 2 unspecified atom stereocenters. The van der Waals surface area contributed by atoms with Gasteiger partial charge in [0.15, 0.2) is 0 Å². The number of allylic oxidation sites excluding steroid dienone is 6. The van der Waals surface area contributed by atoms with Crippen LogP contribution in [0.25, 0.3) is 55.6 Å². The number of para-hydroxylation sites is 2. The Labute approximate surface area is 374 Å². The molecule has 64 heavy (non-hydrogen) atoms. The lowest BCUT2D eigenvalue weighted by molar-refractivity contribution is 0.528. The summed E-state index contributed by atoms with van der Waals surface area (Å²) in [5.41, 5.74) is 21.1. The maximum absolute atomic E-state index is 7.09. The van der Waals surface area contributed by atoms with Crippen LogP contribution in [0.2, 0.25) is 0 Å². The summed E-state index contributed by atoms with van der Waals surface area (Å²) in [6, 6.07) is 57.5. The highest BCUT2D eigenvalue weighted by Crippen LogP contribution is 2.46. The number of aromatic nitrogens is 1. The van der Waals surface area contributed by atoms with Gasteiger partial charge in [0, 0.05) is 45.1 Å². The molecule has 4 atom stereocenters. The molecule has 2 heterocycles. The molecule has 12 rings (SSSR count). The number of nitrogens with zero attached hydrogens (tertiary/aromatic N) is 3. The minimum atomic E-state index is 0.151. The van der Waals surface area contributed by atoms with Crippen LogP contribution in [0.4, 0.5) is 5.69 Å². The Morgan fingerprint density at radius 2 is 1.44 bits per heavy atom. The van der Waals surface area contributed by atoms with Crippen molar-refractivity contribution in [2.24, 2.45) is 22.6 Å². The lowest BCUT2D eigenvalue weighted by Crippen LogP contribution is -2.37. The number of aliphatic imine (C=N–C) groups is 1. The van der Waals surface area contributed by atoms with Crippen LogP contribution >= 0.6 is 0 Å². The van der Waals surface area contributed by atoms with E-state index >= 15 is 0 Å². The van der Waals surface area contributed by atoms with E-state index in [0.717, 1.165) is 41.8 Å². The van der Waals surface area contributed by atoms with E-state index in [2.05, 4.69) is 228 Å². The topological polar surface area (TPSA) is 46.5 Å². The van der Waals surface area contributed by atoms with Crippen molar-refractivity contribution in [1.82, 2.24) is 4.57 Å². The van der Waals surface area contributed by atoms with Gasteiger partial charge < -0.3 is 15.2 Å². The van der Waals surface area contributed by atoms with Gasteiger partial charge >= 0.3 is 0 Å². The highest BCUT2D eigenvalue weighted by atomic mass is 15.2. The molecule has 4 aliphatic rings. The number of hydrogen-bond acceptors (Lipinski definition) is 2. The Kier molecular flexibility index (Phi) is 9.44. The van der Waals surface area contributed by atoms with Crippen molar-refractivity contribution in [2.75, 3.05) is 4.90 Å². The number of hydrogen-bond donors (Lipinski definition) is 1. The third-order valence-corrected chi connectivity index (χ3v) is 13.8. The maximum Gasteiger partial charge on any atom is 0.131 e. The highest BCUT2D eigenvalue weighted by molar-refractivity contribution is 6.10. The second-order valence-electron chi connectivity index (χ2n) is 17.6. The average molecular weight is 825 g/mol. The number of rotatable bonds is 8. The summed E-state index contributed by atoms with van der Waals surface area (Å²) in [6.07, 6.45) is 26.1. The molecule has 8 aromatic rings. The fourth-order valence-electron chi connectivity index (χ4n) is 10.7. The molecule has 0 amide bonds. The number of anilines is 1. The molecule has 3 aliphatic carbocycles. The van der Waals surface area contributed by atoms with Crippen molar-refractivity contribution in [3.63, 3.8) is 0 Å². The number of amidine groups is 1. The summed E-state index contributed by atoms with van der Waals surface area (Å²) < 4.78 is 2.38. The monoisotopic (exact) mass is 824 g/mol. The zero-order valence-electron chi connectivity index (χ0n) is 35.6.